The number of hydrogen-bond acceptors (Lipinski definition) is 5. The summed E-state index contributed by atoms with van der Waals surface area (Å²) in [6.07, 6.45) is 4.97. The van der Waals surface area contributed by atoms with Crippen LogP contribution in [0.4, 0.5) is 5.69 Å². The number of piperidine rings is 1. The van der Waals surface area contributed by atoms with Crippen molar-refractivity contribution >= 4 is 38.3 Å². The van der Waals surface area contributed by atoms with Crippen molar-refractivity contribution in [1.82, 2.24) is 9.47 Å². The molecule has 2 atom stereocenters. The largest absolute Gasteiger partial charge is 0.461 e. The predicted octanol–water partition coefficient (Wildman–Crippen LogP) is 4.56. The third kappa shape index (κ3) is 3.34. The number of fused-ring (bicyclic) bond motifs is 3. The van der Waals surface area contributed by atoms with E-state index in [0.717, 1.165) is 54.5 Å². The van der Waals surface area contributed by atoms with Crippen molar-refractivity contribution in [3.05, 3.63) is 65.9 Å². The molecular weight excluding hydrogens is 462 g/mol. The fourth-order valence-electron chi connectivity index (χ4n) is 6.34. The molecule has 0 amide bonds. The Balaban J connectivity index is 1.59. The number of nitrogens with one attached hydrogen (secondary N) is 1. The van der Waals surface area contributed by atoms with Gasteiger partial charge in [0.1, 0.15) is 5.70 Å². The number of rotatable bonds is 5. The quantitative estimate of drug-likeness (QED) is 0.530. The molecule has 0 saturated carbocycles. The van der Waals surface area contributed by atoms with E-state index in [1.54, 1.807) is 30.3 Å². The Morgan fingerprint density at radius 3 is 2.71 bits per heavy atom. The smallest absolute Gasteiger partial charge is 0.354 e. The Hall–Kier alpha value is -3.10. The Kier molecular flexibility index (Phi) is 5.09. The summed E-state index contributed by atoms with van der Waals surface area (Å²) >= 11 is 0. The first-order chi connectivity index (χ1) is 16.8. The fourth-order valence-corrected chi connectivity index (χ4v) is 7.43. The van der Waals surface area contributed by atoms with Crippen molar-refractivity contribution in [2.24, 2.45) is 5.41 Å². The van der Waals surface area contributed by atoms with Gasteiger partial charge in [-0.25, -0.2) is 13.2 Å². The molecule has 1 N–H and O–H groups in total. The average Bonchev–Trinajstić information content (AvgIpc) is 3.19. The second-order valence-electron chi connectivity index (χ2n) is 9.87. The van der Waals surface area contributed by atoms with Gasteiger partial charge in [-0.15, -0.1) is 0 Å². The third-order valence-electron chi connectivity index (χ3n) is 7.68. The zero-order valence-electron chi connectivity index (χ0n) is 20.0. The van der Waals surface area contributed by atoms with E-state index in [2.05, 4.69) is 22.6 Å². The predicted molar refractivity (Wildman–Crippen MR) is 135 cm³/mol. The first-order valence-electron chi connectivity index (χ1n) is 12.2. The summed E-state index contributed by atoms with van der Waals surface area (Å²) in [6, 6.07) is 14.2. The van der Waals surface area contributed by atoms with Gasteiger partial charge in [0, 0.05) is 23.0 Å². The topological polar surface area (TPSA) is 80.6 Å². The summed E-state index contributed by atoms with van der Waals surface area (Å²) < 4.78 is 36.8. The number of anilines is 1. The maximum Gasteiger partial charge on any atom is 0.354 e. The summed E-state index contributed by atoms with van der Waals surface area (Å²) in [7, 11) is -3.77. The van der Waals surface area contributed by atoms with E-state index in [4.69, 9.17) is 4.74 Å². The Morgan fingerprint density at radius 1 is 1.14 bits per heavy atom. The lowest BCUT2D eigenvalue weighted by Gasteiger charge is -2.52. The van der Waals surface area contributed by atoms with Gasteiger partial charge in [-0.2, -0.15) is 0 Å². The highest BCUT2D eigenvalue weighted by Crippen LogP contribution is 2.56. The maximum atomic E-state index is 13.2. The summed E-state index contributed by atoms with van der Waals surface area (Å²) in [6.45, 7) is 6.28. The van der Waals surface area contributed by atoms with Crippen molar-refractivity contribution in [1.29, 1.82) is 0 Å². The van der Waals surface area contributed by atoms with Gasteiger partial charge in [-0.05, 0) is 68.6 Å². The molecule has 1 saturated heterocycles. The van der Waals surface area contributed by atoms with Crippen LogP contribution in [0.5, 0.6) is 0 Å². The first-order valence-corrected chi connectivity index (χ1v) is 13.7. The lowest BCUT2D eigenvalue weighted by atomic mass is 9.69. The number of hydrogen-bond donors (Lipinski definition) is 1. The van der Waals surface area contributed by atoms with Gasteiger partial charge in [0.2, 0.25) is 0 Å². The van der Waals surface area contributed by atoms with Gasteiger partial charge in [-0.1, -0.05) is 31.2 Å². The zero-order valence-corrected chi connectivity index (χ0v) is 20.8. The minimum atomic E-state index is -3.77. The summed E-state index contributed by atoms with van der Waals surface area (Å²) in [5.74, 6) is -0.343. The van der Waals surface area contributed by atoms with Gasteiger partial charge in [0.15, 0.2) is 0 Å². The number of sulfonamides is 1. The minimum Gasteiger partial charge on any atom is -0.461 e. The molecule has 0 spiro atoms. The van der Waals surface area contributed by atoms with E-state index in [0.29, 0.717) is 18.0 Å². The van der Waals surface area contributed by atoms with E-state index in [-0.39, 0.29) is 22.3 Å². The summed E-state index contributed by atoms with van der Waals surface area (Å²) in [5.41, 5.74) is 3.93. The van der Waals surface area contributed by atoms with Crippen molar-refractivity contribution in [3.8, 4) is 0 Å². The summed E-state index contributed by atoms with van der Waals surface area (Å²) in [4.78, 5) is 15.9. The monoisotopic (exact) mass is 491 g/mol. The lowest BCUT2D eigenvalue weighted by Crippen LogP contribution is -2.50. The lowest BCUT2D eigenvalue weighted by molar-refractivity contribution is -0.136. The van der Waals surface area contributed by atoms with Crippen LogP contribution in [0.3, 0.4) is 0 Å². The highest BCUT2D eigenvalue weighted by Gasteiger charge is 2.50. The Bertz CT molecular complexity index is 1480. The second kappa shape index (κ2) is 7.96. The Labute approximate surface area is 205 Å². The molecule has 1 aromatic heterocycles. The molecule has 8 heteroatoms. The number of carbonyl (C=O) groups excluding carboxylic acids is 1. The number of esters is 1. The van der Waals surface area contributed by atoms with Crippen LogP contribution in [0.1, 0.15) is 44.0 Å². The van der Waals surface area contributed by atoms with Crippen LogP contribution in [-0.4, -0.2) is 43.6 Å². The van der Waals surface area contributed by atoms with Gasteiger partial charge in [-0.3, -0.25) is 9.62 Å². The molecule has 7 nitrogen and oxygen atoms in total. The van der Waals surface area contributed by atoms with Crippen LogP contribution in [0.25, 0.3) is 16.6 Å². The normalized spacial score (nSPS) is 23.5. The highest BCUT2D eigenvalue weighted by molar-refractivity contribution is 7.92. The molecule has 0 aliphatic carbocycles. The molecule has 3 aliphatic heterocycles. The van der Waals surface area contributed by atoms with E-state index in [1.165, 1.54) is 0 Å². The number of ether oxygens (including phenoxy) is 1. The zero-order chi connectivity index (χ0) is 24.4. The van der Waals surface area contributed by atoms with Crippen molar-refractivity contribution < 1.29 is 17.9 Å². The van der Waals surface area contributed by atoms with Gasteiger partial charge < -0.3 is 9.30 Å². The van der Waals surface area contributed by atoms with Crippen LogP contribution >= 0.6 is 0 Å². The molecule has 0 radical (unpaired) electrons. The van der Waals surface area contributed by atoms with Gasteiger partial charge in [0.25, 0.3) is 10.0 Å². The molecule has 6 rings (SSSR count). The van der Waals surface area contributed by atoms with Crippen LogP contribution < -0.4 is 4.72 Å². The SMILES string of the molecule is CCOC(=O)C1=C[C@]2(C)CCCN3CCc4c(n1c1cccc(NS(=O)(=O)c5ccccc5)c41)[C@H]32. The molecule has 3 aromatic rings. The molecule has 2 aromatic carbocycles. The highest BCUT2D eigenvalue weighted by atomic mass is 32.2. The van der Waals surface area contributed by atoms with E-state index >= 15 is 0 Å². The van der Waals surface area contributed by atoms with Gasteiger partial charge >= 0.3 is 5.97 Å². The molecular formula is C27H29N3O4S. The first kappa shape index (κ1) is 22.4. The van der Waals surface area contributed by atoms with Crippen molar-refractivity contribution in [3.63, 3.8) is 0 Å². The molecule has 4 heterocycles. The van der Waals surface area contributed by atoms with Crippen LogP contribution in [0.2, 0.25) is 0 Å². The molecule has 0 bridgehead atoms. The average molecular weight is 492 g/mol. The van der Waals surface area contributed by atoms with E-state index in [1.807, 2.05) is 29.7 Å². The minimum absolute atomic E-state index is 0.143. The van der Waals surface area contributed by atoms with Gasteiger partial charge in [0.05, 0.1) is 28.7 Å². The number of carbonyl (C=O) groups is 1. The maximum absolute atomic E-state index is 13.2. The Morgan fingerprint density at radius 2 is 1.94 bits per heavy atom. The summed E-state index contributed by atoms with van der Waals surface area (Å²) in [5, 5.41) is 0.867. The van der Waals surface area contributed by atoms with Crippen LogP contribution in [0, 0.1) is 5.41 Å². The number of benzene rings is 2. The number of nitrogens with zero attached hydrogens (tertiary/aromatic N) is 2. The van der Waals surface area contributed by atoms with E-state index < -0.39 is 10.0 Å². The number of aromatic nitrogens is 1. The molecule has 0 unspecified atom stereocenters. The molecule has 182 valence electrons. The second-order valence-corrected chi connectivity index (χ2v) is 11.5. The standard InChI is InChI=1S/C27H29N3O4S/c1-3-34-26(31)22-17-27(2)14-8-15-29-16-13-19-23-20(28-35(32,33)18-9-5-4-6-10-18)11-7-12-21(23)30(22)24(19)25(27)29/h4-7,9-12,17,25,28H,3,8,13-16H2,1-2H3/t25-,27-/m0/s1. The van der Waals surface area contributed by atoms with E-state index in [9.17, 15) is 13.2 Å². The fraction of sp³-hybridized carbons (Fsp3) is 0.370. The molecule has 3 aliphatic rings. The van der Waals surface area contributed by atoms with Crippen LogP contribution in [-0.2, 0) is 26.0 Å². The third-order valence-corrected chi connectivity index (χ3v) is 9.07. The molecule has 35 heavy (non-hydrogen) atoms. The molecule has 1 fully saturated rings. The van der Waals surface area contributed by atoms with Crippen LogP contribution in [0.15, 0.2) is 59.5 Å². The van der Waals surface area contributed by atoms with Crippen molar-refractivity contribution in [2.45, 2.75) is 44.0 Å². The van der Waals surface area contributed by atoms with Crippen molar-refractivity contribution in [2.75, 3.05) is 24.4 Å².